The van der Waals surface area contributed by atoms with Crippen LogP contribution in [-0.2, 0) is 28.6 Å². The molecule has 0 aromatic carbocycles. The number of esters is 3. The lowest BCUT2D eigenvalue weighted by molar-refractivity contribution is -0.167. The van der Waals surface area contributed by atoms with Crippen LogP contribution in [-0.4, -0.2) is 37.2 Å². The summed E-state index contributed by atoms with van der Waals surface area (Å²) < 4.78 is 16.8. The lowest BCUT2D eigenvalue weighted by Crippen LogP contribution is -2.30. The van der Waals surface area contributed by atoms with Gasteiger partial charge in [-0.1, -0.05) is 248 Å². The van der Waals surface area contributed by atoms with Gasteiger partial charge in [-0.15, -0.1) is 0 Å². The van der Waals surface area contributed by atoms with E-state index in [0.29, 0.717) is 19.3 Å². The number of rotatable bonds is 52. The highest BCUT2D eigenvalue weighted by molar-refractivity contribution is 5.71. The molecule has 0 aliphatic carbocycles. The molecule has 0 N–H and O–H groups in total. The van der Waals surface area contributed by atoms with Crippen molar-refractivity contribution in [2.24, 2.45) is 0 Å². The Morgan fingerprint density at radius 1 is 0.309 bits per heavy atom. The third kappa shape index (κ3) is 53.8. The van der Waals surface area contributed by atoms with Gasteiger partial charge in [0, 0.05) is 19.3 Å². The Morgan fingerprint density at radius 3 is 0.956 bits per heavy atom. The summed E-state index contributed by atoms with van der Waals surface area (Å²) in [5, 5.41) is 0. The van der Waals surface area contributed by atoms with Gasteiger partial charge in [-0.2, -0.15) is 0 Å². The molecule has 0 bridgehead atoms. The average molecular weight is 950 g/mol. The van der Waals surface area contributed by atoms with Crippen molar-refractivity contribution >= 4 is 17.9 Å². The Morgan fingerprint density at radius 2 is 0.574 bits per heavy atom. The monoisotopic (exact) mass is 949 g/mol. The number of allylic oxidation sites excluding steroid dienone is 12. The van der Waals surface area contributed by atoms with Crippen LogP contribution in [0.4, 0.5) is 0 Å². The first-order valence-electron chi connectivity index (χ1n) is 28.9. The maximum atomic E-state index is 12.9. The Kier molecular flexibility index (Phi) is 53.8. The molecule has 6 heteroatoms. The fourth-order valence-corrected chi connectivity index (χ4v) is 8.11. The molecule has 392 valence electrons. The van der Waals surface area contributed by atoms with Gasteiger partial charge in [0.05, 0.1) is 0 Å². The lowest BCUT2D eigenvalue weighted by Gasteiger charge is -2.18. The molecular formula is C62H108O6. The summed E-state index contributed by atoms with van der Waals surface area (Å²) in [6.45, 7) is 6.49. The molecule has 0 radical (unpaired) electrons. The predicted molar refractivity (Wildman–Crippen MR) is 293 cm³/mol. The third-order valence-corrected chi connectivity index (χ3v) is 12.4. The van der Waals surface area contributed by atoms with Gasteiger partial charge in [0.2, 0.25) is 0 Å². The van der Waals surface area contributed by atoms with E-state index in [1.165, 1.54) is 154 Å². The molecule has 0 aliphatic rings. The van der Waals surface area contributed by atoms with Crippen LogP contribution in [0.1, 0.15) is 284 Å². The van der Waals surface area contributed by atoms with Gasteiger partial charge in [0.15, 0.2) is 6.10 Å². The number of ether oxygens (including phenoxy) is 3. The number of unbranched alkanes of at least 4 members (excludes halogenated alkanes) is 29. The highest BCUT2D eigenvalue weighted by atomic mass is 16.6. The molecule has 0 heterocycles. The standard InChI is InChI=1S/C62H108O6/c1-4-7-10-13-16-19-22-25-28-30-31-32-35-37-40-43-46-49-52-55-61(64)67-58-59(57-66-60(63)54-51-48-45-42-39-36-33-27-24-21-18-15-12-9-6-3)68-62(65)56-53-50-47-44-41-38-34-29-26-23-20-17-14-11-8-5-2/h9,12,16,18-19,21,25,27-28,33,39,42,59H,4-8,10-11,13-15,17,20,22-24,26,29-32,34-38,40-41,43-58H2,1-3H3/b12-9-,19-16-,21-18-,28-25-,33-27-,42-39-/t59-/m1/s1. The molecule has 0 rings (SSSR count). The van der Waals surface area contributed by atoms with Crippen molar-refractivity contribution in [1.82, 2.24) is 0 Å². The number of hydrogen-bond donors (Lipinski definition) is 0. The van der Waals surface area contributed by atoms with Crippen molar-refractivity contribution in [3.63, 3.8) is 0 Å². The minimum atomic E-state index is -0.792. The zero-order chi connectivity index (χ0) is 49.3. The highest BCUT2D eigenvalue weighted by Gasteiger charge is 2.19. The first-order valence-corrected chi connectivity index (χ1v) is 28.9. The van der Waals surface area contributed by atoms with Crippen LogP contribution in [0.2, 0.25) is 0 Å². The van der Waals surface area contributed by atoms with Gasteiger partial charge >= 0.3 is 17.9 Å². The van der Waals surface area contributed by atoms with E-state index in [-0.39, 0.29) is 31.1 Å². The summed E-state index contributed by atoms with van der Waals surface area (Å²) in [5.74, 6) is -0.925. The second kappa shape index (κ2) is 56.4. The molecule has 0 fully saturated rings. The number of carbonyl (C=O) groups is 3. The van der Waals surface area contributed by atoms with Crippen molar-refractivity contribution in [3.8, 4) is 0 Å². The minimum absolute atomic E-state index is 0.0887. The van der Waals surface area contributed by atoms with Crippen LogP contribution in [0.3, 0.4) is 0 Å². The van der Waals surface area contributed by atoms with Crippen molar-refractivity contribution in [1.29, 1.82) is 0 Å². The Bertz CT molecular complexity index is 1270. The quantitative estimate of drug-likeness (QED) is 0.0262. The van der Waals surface area contributed by atoms with Crippen LogP contribution < -0.4 is 0 Å². The van der Waals surface area contributed by atoms with Gasteiger partial charge in [-0.25, -0.2) is 0 Å². The van der Waals surface area contributed by atoms with E-state index < -0.39 is 6.10 Å². The van der Waals surface area contributed by atoms with E-state index in [9.17, 15) is 14.4 Å². The maximum Gasteiger partial charge on any atom is 0.306 e. The fraction of sp³-hybridized carbons (Fsp3) is 0.758. The average Bonchev–Trinajstić information content (AvgIpc) is 3.34. The SMILES string of the molecule is CC/C=C\C/C=C\C/C=C\C/C=C\CCCCC(=O)OC[C@H](COC(=O)CCCCCCCCCCC/C=C\C/C=C\CCCCC)OC(=O)CCCCCCCCCCCCCCCCCC. The normalized spacial score (nSPS) is 12.6. The lowest BCUT2D eigenvalue weighted by atomic mass is 10.0. The number of carbonyl (C=O) groups excluding carboxylic acids is 3. The van der Waals surface area contributed by atoms with Gasteiger partial charge in [-0.05, 0) is 89.9 Å². The van der Waals surface area contributed by atoms with Gasteiger partial charge in [0.25, 0.3) is 0 Å². The van der Waals surface area contributed by atoms with E-state index >= 15 is 0 Å². The molecule has 0 aromatic rings. The molecule has 0 saturated heterocycles. The zero-order valence-corrected chi connectivity index (χ0v) is 44.9. The topological polar surface area (TPSA) is 78.9 Å². The predicted octanol–water partition coefficient (Wildman–Crippen LogP) is 19.4. The summed E-state index contributed by atoms with van der Waals surface area (Å²) in [6.07, 6.45) is 71.8. The summed E-state index contributed by atoms with van der Waals surface area (Å²) >= 11 is 0. The molecular weight excluding hydrogens is 841 g/mol. The molecule has 0 saturated carbocycles. The van der Waals surface area contributed by atoms with Crippen LogP contribution in [0, 0.1) is 0 Å². The highest BCUT2D eigenvalue weighted by Crippen LogP contribution is 2.16. The minimum Gasteiger partial charge on any atom is -0.462 e. The van der Waals surface area contributed by atoms with E-state index in [1.807, 2.05) is 0 Å². The summed E-state index contributed by atoms with van der Waals surface area (Å²) in [4.78, 5) is 38.2. The Hall–Kier alpha value is -3.15. The molecule has 0 aromatic heterocycles. The van der Waals surface area contributed by atoms with Crippen molar-refractivity contribution in [3.05, 3.63) is 72.9 Å². The summed E-state index contributed by atoms with van der Waals surface area (Å²) in [5.41, 5.74) is 0. The van der Waals surface area contributed by atoms with Crippen LogP contribution in [0.15, 0.2) is 72.9 Å². The molecule has 1 atom stereocenters. The van der Waals surface area contributed by atoms with E-state index in [0.717, 1.165) is 89.9 Å². The molecule has 0 spiro atoms. The van der Waals surface area contributed by atoms with Crippen molar-refractivity contribution < 1.29 is 28.6 Å². The maximum absolute atomic E-state index is 12.9. The van der Waals surface area contributed by atoms with Gasteiger partial charge < -0.3 is 14.2 Å². The van der Waals surface area contributed by atoms with E-state index in [4.69, 9.17) is 14.2 Å². The second-order valence-corrected chi connectivity index (χ2v) is 19.2. The van der Waals surface area contributed by atoms with Crippen LogP contribution >= 0.6 is 0 Å². The smallest absolute Gasteiger partial charge is 0.306 e. The Balaban J connectivity index is 4.41. The van der Waals surface area contributed by atoms with Gasteiger partial charge in [-0.3, -0.25) is 14.4 Å². The summed E-state index contributed by atoms with van der Waals surface area (Å²) in [6, 6.07) is 0. The molecule has 0 aliphatic heterocycles. The first kappa shape index (κ1) is 64.8. The molecule has 6 nitrogen and oxygen atoms in total. The first-order chi connectivity index (χ1) is 33.5. The van der Waals surface area contributed by atoms with E-state index in [1.54, 1.807) is 0 Å². The second-order valence-electron chi connectivity index (χ2n) is 19.2. The summed E-state index contributed by atoms with van der Waals surface area (Å²) in [7, 11) is 0. The van der Waals surface area contributed by atoms with E-state index in [2.05, 4.69) is 93.7 Å². The van der Waals surface area contributed by atoms with Crippen LogP contribution in [0.25, 0.3) is 0 Å². The van der Waals surface area contributed by atoms with Gasteiger partial charge in [0.1, 0.15) is 13.2 Å². The van der Waals surface area contributed by atoms with Crippen LogP contribution in [0.5, 0.6) is 0 Å². The fourth-order valence-electron chi connectivity index (χ4n) is 8.11. The molecule has 0 unspecified atom stereocenters. The van der Waals surface area contributed by atoms with Crippen molar-refractivity contribution in [2.75, 3.05) is 13.2 Å². The molecule has 0 amide bonds. The molecule has 68 heavy (non-hydrogen) atoms. The number of hydrogen-bond acceptors (Lipinski definition) is 6. The zero-order valence-electron chi connectivity index (χ0n) is 44.9. The van der Waals surface area contributed by atoms with Crippen molar-refractivity contribution in [2.45, 2.75) is 290 Å². The Labute approximate surface area is 421 Å². The largest absolute Gasteiger partial charge is 0.462 e. The third-order valence-electron chi connectivity index (χ3n) is 12.4.